The number of halogens is 1. The molecule has 0 aliphatic heterocycles. The number of nitrogens with two attached hydrogens (primary N) is 1. The number of aromatic nitrogens is 2. The minimum Gasteiger partial charge on any atom is -0.495 e. The Balaban J connectivity index is 2.47. The summed E-state index contributed by atoms with van der Waals surface area (Å²) < 4.78 is 16.5. The summed E-state index contributed by atoms with van der Waals surface area (Å²) in [5.74, 6) is 1.74. The third-order valence-electron chi connectivity index (χ3n) is 3.04. The van der Waals surface area contributed by atoms with Gasteiger partial charge in [0.25, 0.3) is 0 Å². The zero-order chi connectivity index (χ0) is 15.4. The van der Waals surface area contributed by atoms with Gasteiger partial charge in [-0.05, 0) is 28.1 Å². The Bertz CT molecular complexity index is 637. The van der Waals surface area contributed by atoms with Gasteiger partial charge in [0, 0.05) is 11.6 Å². The highest BCUT2D eigenvalue weighted by Gasteiger charge is 2.20. The molecule has 1 unspecified atom stereocenters. The molecule has 1 aromatic carbocycles. The summed E-state index contributed by atoms with van der Waals surface area (Å²) in [7, 11) is 4.72. The zero-order valence-corrected chi connectivity index (χ0v) is 13.5. The number of methoxy groups -OCH3 is 3. The summed E-state index contributed by atoms with van der Waals surface area (Å²) in [5.41, 5.74) is 7.71. The Kier molecular flexibility index (Phi) is 4.98. The Morgan fingerprint density at radius 3 is 2.48 bits per heavy atom. The Labute approximate surface area is 131 Å². The lowest BCUT2D eigenvalue weighted by Crippen LogP contribution is -2.15. The minimum atomic E-state index is -0.473. The molecule has 0 bridgehead atoms. The molecule has 1 aromatic heterocycles. The van der Waals surface area contributed by atoms with Gasteiger partial charge in [-0.25, -0.2) is 9.97 Å². The first kappa shape index (κ1) is 15.5. The normalized spacial score (nSPS) is 11.9. The minimum absolute atomic E-state index is 0.460. The van der Waals surface area contributed by atoms with Gasteiger partial charge in [-0.15, -0.1) is 0 Å². The maximum atomic E-state index is 6.29. The average Bonchev–Trinajstić information content (AvgIpc) is 2.53. The molecule has 0 saturated heterocycles. The van der Waals surface area contributed by atoms with Gasteiger partial charge in [0.1, 0.15) is 22.3 Å². The number of nitrogens with zero attached hydrogens (tertiary/aromatic N) is 2. The molecule has 6 nitrogen and oxygen atoms in total. The van der Waals surface area contributed by atoms with Gasteiger partial charge in [0.05, 0.1) is 33.1 Å². The van der Waals surface area contributed by atoms with Crippen molar-refractivity contribution in [1.82, 2.24) is 9.97 Å². The second kappa shape index (κ2) is 6.73. The molecule has 2 N–H and O–H groups in total. The van der Waals surface area contributed by atoms with Crippen LogP contribution in [0.2, 0.25) is 0 Å². The molecule has 0 spiro atoms. The highest BCUT2D eigenvalue weighted by atomic mass is 79.9. The molecule has 0 saturated carbocycles. The lowest BCUT2D eigenvalue weighted by molar-refractivity contribution is 0.384. The molecule has 7 heteroatoms. The third-order valence-corrected chi connectivity index (χ3v) is 3.79. The van der Waals surface area contributed by atoms with E-state index in [-0.39, 0.29) is 0 Å². The SMILES string of the molecule is COc1cc(C(N)c2ccc(OC)c(Br)c2OC)ncn1. The number of hydrogen-bond acceptors (Lipinski definition) is 6. The van der Waals surface area contributed by atoms with Crippen molar-refractivity contribution in [3.63, 3.8) is 0 Å². The van der Waals surface area contributed by atoms with Crippen molar-refractivity contribution in [2.75, 3.05) is 21.3 Å². The lowest BCUT2D eigenvalue weighted by Gasteiger charge is -2.18. The molecule has 1 heterocycles. The molecule has 0 aliphatic carbocycles. The summed E-state index contributed by atoms with van der Waals surface area (Å²) in [4.78, 5) is 8.17. The molecule has 0 amide bonds. The smallest absolute Gasteiger partial charge is 0.216 e. The highest BCUT2D eigenvalue weighted by molar-refractivity contribution is 9.10. The van der Waals surface area contributed by atoms with Crippen molar-refractivity contribution < 1.29 is 14.2 Å². The van der Waals surface area contributed by atoms with Gasteiger partial charge in [-0.2, -0.15) is 0 Å². The second-order valence-electron chi connectivity index (χ2n) is 4.17. The Hall–Kier alpha value is -1.86. The summed E-state index contributed by atoms with van der Waals surface area (Å²) in [6, 6.07) is 4.89. The van der Waals surface area contributed by atoms with Crippen molar-refractivity contribution in [3.05, 3.63) is 40.3 Å². The van der Waals surface area contributed by atoms with Crippen LogP contribution in [0.15, 0.2) is 29.0 Å². The van der Waals surface area contributed by atoms with Crippen molar-refractivity contribution in [2.45, 2.75) is 6.04 Å². The fourth-order valence-corrected chi connectivity index (χ4v) is 2.64. The number of benzene rings is 1. The van der Waals surface area contributed by atoms with Crippen molar-refractivity contribution in [3.8, 4) is 17.4 Å². The fraction of sp³-hybridized carbons (Fsp3) is 0.286. The molecule has 112 valence electrons. The predicted octanol–water partition coefficient (Wildman–Crippen LogP) is 2.31. The van der Waals surface area contributed by atoms with E-state index in [0.717, 1.165) is 5.56 Å². The standard InChI is InChI=1S/C14H16BrN3O3/c1-19-10-5-4-8(14(21-3)12(10)15)13(16)9-6-11(20-2)18-7-17-9/h4-7,13H,16H2,1-3H3. The van der Waals surface area contributed by atoms with Crippen LogP contribution in [0.4, 0.5) is 0 Å². The van der Waals surface area contributed by atoms with E-state index in [1.165, 1.54) is 6.33 Å². The summed E-state index contributed by atoms with van der Waals surface area (Å²) in [5, 5.41) is 0. The summed E-state index contributed by atoms with van der Waals surface area (Å²) >= 11 is 3.46. The number of ether oxygens (including phenoxy) is 3. The van der Waals surface area contributed by atoms with Gasteiger partial charge >= 0.3 is 0 Å². The van der Waals surface area contributed by atoms with Crippen LogP contribution in [0, 0.1) is 0 Å². The van der Waals surface area contributed by atoms with Gasteiger partial charge in [-0.3, -0.25) is 0 Å². The molecule has 1 atom stereocenters. The molecular weight excluding hydrogens is 338 g/mol. The maximum absolute atomic E-state index is 6.29. The highest BCUT2D eigenvalue weighted by Crippen LogP contribution is 2.40. The van der Waals surface area contributed by atoms with Crippen LogP contribution in [0.3, 0.4) is 0 Å². The molecular formula is C14H16BrN3O3. The zero-order valence-electron chi connectivity index (χ0n) is 12.0. The van der Waals surface area contributed by atoms with E-state index < -0.39 is 6.04 Å². The molecule has 21 heavy (non-hydrogen) atoms. The quantitative estimate of drug-likeness (QED) is 0.888. The van der Waals surface area contributed by atoms with Crippen LogP contribution >= 0.6 is 15.9 Å². The molecule has 2 rings (SSSR count). The molecule has 0 radical (unpaired) electrons. The molecule has 0 aliphatic rings. The van der Waals surface area contributed by atoms with Crippen LogP contribution in [0.5, 0.6) is 17.4 Å². The topological polar surface area (TPSA) is 79.5 Å². The van der Waals surface area contributed by atoms with E-state index >= 15 is 0 Å². The molecule has 0 fully saturated rings. The van der Waals surface area contributed by atoms with E-state index in [0.29, 0.717) is 27.5 Å². The molecule has 2 aromatic rings. The van der Waals surface area contributed by atoms with Gasteiger partial charge < -0.3 is 19.9 Å². The van der Waals surface area contributed by atoms with E-state index in [1.807, 2.05) is 12.1 Å². The number of rotatable bonds is 5. The van der Waals surface area contributed by atoms with E-state index in [4.69, 9.17) is 19.9 Å². The Morgan fingerprint density at radius 1 is 1.10 bits per heavy atom. The van der Waals surface area contributed by atoms with Crippen LogP contribution in [0.1, 0.15) is 17.3 Å². The average molecular weight is 354 g/mol. The first-order valence-corrected chi connectivity index (χ1v) is 6.93. The van der Waals surface area contributed by atoms with Gasteiger partial charge in [0.2, 0.25) is 5.88 Å². The largest absolute Gasteiger partial charge is 0.495 e. The van der Waals surface area contributed by atoms with E-state index in [1.54, 1.807) is 27.4 Å². The van der Waals surface area contributed by atoms with Gasteiger partial charge in [0.15, 0.2) is 0 Å². The van der Waals surface area contributed by atoms with Gasteiger partial charge in [-0.1, -0.05) is 0 Å². The van der Waals surface area contributed by atoms with Crippen LogP contribution < -0.4 is 19.9 Å². The first-order valence-electron chi connectivity index (χ1n) is 6.14. The van der Waals surface area contributed by atoms with Crippen LogP contribution in [0.25, 0.3) is 0 Å². The Morgan fingerprint density at radius 2 is 1.86 bits per heavy atom. The second-order valence-corrected chi connectivity index (χ2v) is 4.96. The van der Waals surface area contributed by atoms with Crippen LogP contribution in [-0.4, -0.2) is 31.3 Å². The first-order chi connectivity index (χ1) is 10.1. The van der Waals surface area contributed by atoms with Crippen LogP contribution in [-0.2, 0) is 0 Å². The van der Waals surface area contributed by atoms with E-state index in [9.17, 15) is 0 Å². The van der Waals surface area contributed by atoms with Crippen molar-refractivity contribution >= 4 is 15.9 Å². The monoisotopic (exact) mass is 353 g/mol. The number of hydrogen-bond donors (Lipinski definition) is 1. The third kappa shape index (κ3) is 3.08. The summed E-state index contributed by atoms with van der Waals surface area (Å²) in [6.45, 7) is 0. The fourth-order valence-electron chi connectivity index (χ4n) is 1.96. The van der Waals surface area contributed by atoms with E-state index in [2.05, 4.69) is 25.9 Å². The lowest BCUT2D eigenvalue weighted by atomic mass is 10.0. The van der Waals surface area contributed by atoms with Crippen molar-refractivity contribution in [2.24, 2.45) is 5.73 Å². The maximum Gasteiger partial charge on any atom is 0.216 e. The predicted molar refractivity (Wildman–Crippen MR) is 81.9 cm³/mol. The summed E-state index contributed by atoms with van der Waals surface area (Å²) in [6.07, 6.45) is 1.42. The van der Waals surface area contributed by atoms with Crippen molar-refractivity contribution in [1.29, 1.82) is 0 Å².